The van der Waals surface area contributed by atoms with Crippen LogP contribution in [0.1, 0.15) is 61.1 Å². The number of rotatable bonds is 2. The molecule has 122 valence electrons. The molecular formula is C18H24N4S. The van der Waals surface area contributed by atoms with Crippen molar-refractivity contribution >= 4 is 18.6 Å². The molecule has 0 saturated heterocycles. The average molecular weight is 328 g/mol. The fourth-order valence-corrected chi connectivity index (χ4v) is 4.57. The number of thiol groups is 1. The Morgan fingerprint density at radius 3 is 2.74 bits per heavy atom. The van der Waals surface area contributed by atoms with Crippen LogP contribution in [0.4, 0.5) is 5.82 Å². The Morgan fingerprint density at radius 1 is 1.17 bits per heavy atom. The molecule has 0 spiro atoms. The smallest absolute Gasteiger partial charge is 0.142 e. The minimum Gasteiger partial charge on any atom is -0.302 e. The molecule has 5 heteroatoms. The fraction of sp³-hybridized carbons (Fsp3) is 0.556. The summed E-state index contributed by atoms with van der Waals surface area (Å²) in [7, 11) is 1.97. The number of aromatic nitrogens is 3. The average Bonchev–Trinajstić information content (AvgIpc) is 3.11. The summed E-state index contributed by atoms with van der Waals surface area (Å²) in [6, 6.07) is 2.39. The number of hydrogen-bond donors (Lipinski definition) is 1. The van der Waals surface area contributed by atoms with Gasteiger partial charge in [0.2, 0.25) is 0 Å². The van der Waals surface area contributed by atoms with E-state index in [4.69, 9.17) is 4.98 Å². The van der Waals surface area contributed by atoms with Gasteiger partial charge in [0.25, 0.3) is 0 Å². The first-order valence-electron chi connectivity index (χ1n) is 8.58. The third-order valence-corrected chi connectivity index (χ3v) is 5.91. The minimum absolute atomic E-state index is 0.322. The first-order chi connectivity index (χ1) is 11.1. The van der Waals surface area contributed by atoms with Crippen molar-refractivity contribution in [2.45, 2.75) is 44.4 Å². The van der Waals surface area contributed by atoms with E-state index in [9.17, 15) is 0 Å². The number of pyridine rings is 1. The zero-order chi connectivity index (χ0) is 16.0. The third kappa shape index (κ3) is 2.65. The molecule has 0 N–H and O–H groups in total. The van der Waals surface area contributed by atoms with Crippen molar-refractivity contribution in [3.63, 3.8) is 0 Å². The Hall–Kier alpha value is -1.49. The highest BCUT2D eigenvalue weighted by molar-refractivity contribution is 7.81. The summed E-state index contributed by atoms with van der Waals surface area (Å²) in [4.78, 5) is 4.75. The molecule has 23 heavy (non-hydrogen) atoms. The maximum atomic E-state index is 4.75. The van der Waals surface area contributed by atoms with Crippen LogP contribution in [0.2, 0.25) is 0 Å². The van der Waals surface area contributed by atoms with Crippen LogP contribution in [0, 0.1) is 5.92 Å². The van der Waals surface area contributed by atoms with E-state index in [1.54, 1.807) is 0 Å². The van der Waals surface area contributed by atoms with E-state index in [1.165, 1.54) is 42.4 Å². The largest absolute Gasteiger partial charge is 0.302 e. The van der Waals surface area contributed by atoms with Crippen molar-refractivity contribution < 1.29 is 0 Å². The van der Waals surface area contributed by atoms with Gasteiger partial charge in [-0.15, -0.1) is 0 Å². The van der Waals surface area contributed by atoms with E-state index >= 15 is 0 Å². The van der Waals surface area contributed by atoms with E-state index in [2.05, 4.69) is 43.3 Å². The molecule has 0 aromatic carbocycles. The number of hydrogen-bond acceptors (Lipinski definition) is 4. The van der Waals surface area contributed by atoms with Gasteiger partial charge in [-0.1, -0.05) is 39.0 Å². The van der Waals surface area contributed by atoms with Crippen LogP contribution < -0.4 is 4.31 Å². The zero-order valence-corrected chi connectivity index (χ0v) is 14.7. The molecule has 3 unspecified atom stereocenters. The van der Waals surface area contributed by atoms with Crippen LogP contribution in [0.3, 0.4) is 0 Å². The highest BCUT2D eigenvalue weighted by atomic mass is 32.1. The summed E-state index contributed by atoms with van der Waals surface area (Å²) < 4.78 is 3.84. The van der Waals surface area contributed by atoms with Crippen LogP contribution in [-0.4, -0.2) is 21.3 Å². The molecule has 1 aliphatic heterocycles. The molecule has 1 fully saturated rings. The Kier molecular flexibility index (Phi) is 3.84. The van der Waals surface area contributed by atoms with Crippen molar-refractivity contribution in [2.75, 3.05) is 10.8 Å². The van der Waals surface area contributed by atoms with Gasteiger partial charge >= 0.3 is 0 Å². The van der Waals surface area contributed by atoms with Gasteiger partial charge in [0.1, 0.15) is 5.82 Å². The lowest BCUT2D eigenvalue weighted by atomic mass is 9.76. The van der Waals surface area contributed by atoms with Gasteiger partial charge < -0.3 is 4.31 Å². The van der Waals surface area contributed by atoms with E-state index in [0.717, 1.165) is 18.3 Å². The summed E-state index contributed by atoms with van der Waals surface area (Å²) in [6.45, 7) is 3.25. The predicted molar refractivity (Wildman–Crippen MR) is 96.0 cm³/mol. The molecule has 4 nitrogen and oxygen atoms in total. The molecule has 3 atom stereocenters. The first-order valence-corrected chi connectivity index (χ1v) is 8.98. The van der Waals surface area contributed by atoms with Crippen molar-refractivity contribution in [1.82, 2.24) is 14.8 Å². The topological polar surface area (TPSA) is 34.0 Å². The number of aryl methyl sites for hydroxylation is 1. The normalized spacial score (nSPS) is 27.3. The second-order valence-corrected chi connectivity index (χ2v) is 7.61. The van der Waals surface area contributed by atoms with Gasteiger partial charge in [-0.3, -0.25) is 4.68 Å². The minimum atomic E-state index is 0.322. The van der Waals surface area contributed by atoms with Gasteiger partial charge in [-0.2, -0.15) is 5.10 Å². The van der Waals surface area contributed by atoms with Crippen LogP contribution in [-0.2, 0) is 7.05 Å². The third-order valence-electron chi connectivity index (χ3n) is 5.56. The zero-order valence-electron chi connectivity index (χ0n) is 13.8. The van der Waals surface area contributed by atoms with Gasteiger partial charge in [0.15, 0.2) is 0 Å². The van der Waals surface area contributed by atoms with Gasteiger partial charge in [-0.05, 0) is 35.4 Å². The van der Waals surface area contributed by atoms with Crippen LogP contribution in [0.25, 0.3) is 0 Å². The summed E-state index contributed by atoms with van der Waals surface area (Å²) in [5.74, 6) is 2.75. The Morgan fingerprint density at radius 2 is 2.00 bits per heavy atom. The Labute approximate surface area is 143 Å². The van der Waals surface area contributed by atoms with E-state index in [1.807, 2.05) is 22.2 Å². The van der Waals surface area contributed by atoms with Gasteiger partial charge in [0, 0.05) is 37.5 Å². The number of fused-ring (bicyclic) bond motifs is 1. The molecule has 2 aromatic rings. The highest BCUT2D eigenvalue weighted by Gasteiger charge is 2.32. The molecule has 2 aliphatic rings. The molecule has 3 heterocycles. The van der Waals surface area contributed by atoms with Crippen molar-refractivity contribution in [3.05, 3.63) is 41.3 Å². The molecule has 1 aliphatic carbocycles. The standard InChI is InChI=1S/C18H24N4S/c1-12-5-3-4-6-15(12)13-7-16-17(14-9-20-21(2)10-14)11-22(23)18(16)19-8-13/h7-10,12,15,17,23H,3-6,11H2,1-2H3. The number of nitrogens with zero attached hydrogens (tertiary/aromatic N) is 4. The summed E-state index contributed by atoms with van der Waals surface area (Å²) in [5.41, 5.74) is 3.97. The van der Waals surface area contributed by atoms with Gasteiger partial charge in [-0.25, -0.2) is 4.98 Å². The molecule has 0 amide bonds. The van der Waals surface area contributed by atoms with Crippen LogP contribution in [0.15, 0.2) is 24.7 Å². The molecule has 2 aromatic heterocycles. The first kappa shape index (κ1) is 15.1. The van der Waals surface area contributed by atoms with Crippen molar-refractivity contribution in [3.8, 4) is 0 Å². The summed E-state index contributed by atoms with van der Waals surface area (Å²) >= 11 is 4.61. The maximum Gasteiger partial charge on any atom is 0.142 e. The quantitative estimate of drug-likeness (QED) is 0.849. The maximum absolute atomic E-state index is 4.75. The molecule has 4 rings (SSSR count). The lowest BCUT2D eigenvalue weighted by Crippen LogP contribution is -2.15. The summed E-state index contributed by atoms with van der Waals surface area (Å²) in [5, 5.41) is 4.34. The van der Waals surface area contributed by atoms with Gasteiger partial charge in [0.05, 0.1) is 6.20 Å². The Bertz CT molecular complexity index is 711. The monoisotopic (exact) mass is 328 g/mol. The lowest BCUT2D eigenvalue weighted by Gasteiger charge is -2.29. The van der Waals surface area contributed by atoms with Crippen molar-refractivity contribution in [2.24, 2.45) is 13.0 Å². The van der Waals surface area contributed by atoms with E-state index < -0.39 is 0 Å². The molecule has 0 bridgehead atoms. The van der Waals surface area contributed by atoms with Crippen molar-refractivity contribution in [1.29, 1.82) is 0 Å². The molecule has 1 saturated carbocycles. The second-order valence-electron chi connectivity index (χ2n) is 7.13. The second kappa shape index (κ2) is 5.86. The SMILES string of the molecule is CC1CCCCC1c1cnc2c(c1)C(c1cnn(C)c1)CN2S. The number of anilines is 1. The Balaban J connectivity index is 1.71. The van der Waals surface area contributed by atoms with E-state index in [-0.39, 0.29) is 0 Å². The van der Waals surface area contributed by atoms with E-state index in [0.29, 0.717) is 11.8 Å². The lowest BCUT2D eigenvalue weighted by molar-refractivity contribution is 0.330. The van der Waals surface area contributed by atoms with Crippen LogP contribution >= 0.6 is 12.8 Å². The molecular weight excluding hydrogens is 304 g/mol. The highest BCUT2D eigenvalue weighted by Crippen LogP contribution is 2.43. The fourth-order valence-electron chi connectivity index (χ4n) is 4.24. The summed E-state index contributed by atoms with van der Waals surface area (Å²) in [6.07, 6.45) is 11.5. The predicted octanol–water partition coefficient (Wildman–Crippen LogP) is 3.91. The van der Waals surface area contributed by atoms with Crippen LogP contribution in [0.5, 0.6) is 0 Å². The molecule has 0 radical (unpaired) electrons.